The lowest BCUT2D eigenvalue weighted by Gasteiger charge is -2.20. The normalized spacial score (nSPS) is 12.2. The van der Waals surface area contributed by atoms with Crippen molar-refractivity contribution in [1.29, 1.82) is 0 Å². The minimum atomic E-state index is -0.511. The summed E-state index contributed by atoms with van der Waals surface area (Å²) in [7, 11) is 1.55. The molecule has 2 aromatic rings. The lowest BCUT2D eigenvalue weighted by molar-refractivity contribution is -0.147. The van der Waals surface area contributed by atoms with Crippen molar-refractivity contribution >= 4 is 17.6 Å². The molecule has 2 aromatic carbocycles. The van der Waals surface area contributed by atoms with Crippen LogP contribution in [0.15, 0.2) is 43.0 Å². The van der Waals surface area contributed by atoms with Gasteiger partial charge in [0.2, 0.25) is 0 Å². The maximum atomic E-state index is 12.0. The number of hydrogen-bond donors (Lipinski definition) is 0. The van der Waals surface area contributed by atoms with Gasteiger partial charge >= 0.3 is 5.97 Å². The first-order chi connectivity index (χ1) is 13.6. The first kappa shape index (κ1) is 19.9. The van der Waals surface area contributed by atoms with Crippen LogP contribution < -0.4 is 18.9 Å². The van der Waals surface area contributed by atoms with Gasteiger partial charge in [-0.05, 0) is 41.8 Å². The second-order valence-electron chi connectivity index (χ2n) is 6.03. The van der Waals surface area contributed by atoms with E-state index in [-0.39, 0.29) is 13.2 Å². The van der Waals surface area contributed by atoms with Crippen LogP contribution in [0, 0.1) is 0 Å². The number of rotatable bonds is 8. The van der Waals surface area contributed by atoms with Crippen LogP contribution in [-0.2, 0) is 22.6 Å². The highest BCUT2D eigenvalue weighted by molar-refractivity contribution is 6.32. The lowest BCUT2D eigenvalue weighted by atomic mass is 10.1. The van der Waals surface area contributed by atoms with Gasteiger partial charge in [0.05, 0.1) is 12.1 Å². The molecule has 0 radical (unpaired) electrons. The summed E-state index contributed by atoms with van der Waals surface area (Å²) in [5.74, 6) is 1.56. The van der Waals surface area contributed by atoms with E-state index in [2.05, 4.69) is 6.58 Å². The monoisotopic (exact) mass is 404 g/mol. The SMILES string of the molecule is C=CCc1ccc(OCC(=O)OCc2cc(Cl)c3c(c2)OCCO3)c(OC)c1. The largest absolute Gasteiger partial charge is 0.493 e. The van der Waals surface area contributed by atoms with E-state index in [0.29, 0.717) is 46.8 Å². The zero-order valence-corrected chi connectivity index (χ0v) is 16.3. The van der Waals surface area contributed by atoms with Crippen molar-refractivity contribution in [3.8, 4) is 23.0 Å². The minimum Gasteiger partial charge on any atom is -0.493 e. The molecule has 0 saturated heterocycles. The van der Waals surface area contributed by atoms with Crippen molar-refractivity contribution in [2.24, 2.45) is 0 Å². The van der Waals surface area contributed by atoms with Gasteiger partial charge in [-0.15, -0.1) is 6.58 Å². The van der Waals surface area contributed by atoms with Crippen molar-refractivity contribution in [3.05, 3.63) is 59.1 Å². The van der Waals surface area contributed by atoms with E-state index < -0.39 is 5.97 Å². The van der Waals surface area contributed by atoms with Gasteiger partial charge in [-0.1, -0.05) is 23.7 Å². The molecular weight excluding hydrogens is 384 g/mol. The molecule has 0 aromatic heterocycles. The Hall–Kier alpha value is -2.86. The predicted molar refractivity (Wildman–Crippen MR) is 105 cm³/mol. The highest BCUT2D eigenvalue weighted by Crippen LogP contribution is 2.38. The quantitative estimate of drug-likeness (QED) is 0.490. The number of carbonyl (C=O) groups excluding carboxylic acids is 1. The van der Waals surface area contributed by atoms with E-state index in [4.69, 9.17) is 35.3 Å². The van der Waals surface area contributed by atoms with Gasteiger partial charge < -0.3 is 23.7 Å². The van der Waals surface area contributed by atoms with E-state index in [1.54, 1.807) is 31.4 Å². The molecule has 0 atom stereocenters. The predicted octanol–water partition coefficient (Wildman–Crippen LogP) is 3.97. The topological polar surface area (TPSA) is 63.2 Å². The second kappa shape index (κ2) is 9.37. The van der Waals surface area contributed by atoms with Crippen LogP contribution in [0.5, 0.6) is 23.0 Å². The van der Waals surface area contributed by atoms with E-state index in [9.17, 15) is 4.79 Å². The third-order valence-corrected chi connectivity index (χ3v) is 4.29. The molecule has 0 spiro atoms. The lowest BCUT2D eigenvalue weighted by Crippen LogP contribution is -2.17. The number of esters is 1. The smallest absolute Gasteiger partial charge is 0.344 e. The van der Waals surface area contributed by atoms with Gasteiger partial charge in [-0.25, -0.2) is 4.79 Å². The van der Waals surface area contributed by atoms with Crippen molar-refractivity contribution in [3.63, 3.8) is 0 Å². The Labute approximate surface area is 168 Å². The summed E-state index contributed by atoms with van der Waals surface area (Å²) in [5, 5.41) is 0.420. The van der Waals surface area contributed by atoms with E-state index in [0.717, 1.165) is 12.0 Å². The highest BCUT2D eigenvalue weighted by Gasteiger charge is 2.17. The standard InChI is InChI=1S/C21H21ClO6/c1-3-4-14-5-6-17(18(10-14)24-2)27-13-20(23)28-12-15-9-16(22)21-19(11-15)25-7-8-26-21/h3,5-6,9-11H,1,4,7-8,12-13H2,2H3. The van der Waals surface area contributed by atoms with Gasteiger partial charge in [0, 0.05) is 0 Å². The first-order valence-electron chi connectivity index (χ1n) is 8.75. The number of halogens is 1. The molecule has 0 bridgehead atoms. The molecule has 0 N–H and O–H groups in total. The van der Waals surface area contributed by atoms with E-state index >= 15 is 0 Å². The summed E-state index contributed by atoms with van der Waals surface area (Å²) in [6, 6.07) is 8.92. The highest BCUT2D eigenvalue weighted by atomic mass is 35.5. The van der Waals surface area contributed by atoms with Crippen LogP contribution in [-0.4, -0.2) is 32.9 Å². The Morgan fingerprint density at radius 2 is 2.00 bits per heavy atom. The Balaban J connectivity index is 1.55. The third-order valence-electron chi connectivity index (χ3n) is 4.01. The molecule has 3 rings (SSSR count). The first-order valence-corrected chi connectivity index (χ1v) is 9.12. The molecule has 148 valence electrons. The molecule has 1 aliphatic rings. The fraction of sp³-hybridized carbons (Fsp3) is 0.286. The van der Waals surface area contributed by atoms with Gasteiger partial charge in [-0.3, -0.25) is 0 Å². The fourth-order valence-electron chi connectivity index (χ4n) is 2.71. The van der Waals surface area contributed by atoms with E-state index in [1.807, 2.05) is 12.1 Å². The van der Waals surface area contributed by atoms with Gasteiger partial charge in [-0.2, -0.15) is 0 Å². The number of fused-ring (bicyclic) bond motifs is 1. The summed E-state index contributed by atoms with van der Waals surface area (Å²) in [4.78, 5) is 12.0. The molecule has 0 aliphatic carbocycles. The number of carbonyl (C=O) groups is 1. The average Bonchev–Trinajstić information content (AvgIpc) is 2.71. The second-order valence-corrected chi connectivity index (χ2v) is 6.44. The average molecular weight is 405 g/mol. The van der Waals surface area contributed by atoms with Gasteiger partial charge in [0.25, 0.3) is 0 Å². The maximum Gasteiger partial charge on any atom is 0.344 e. The summed E-state index contributed by atoms with van der Waals surface area (Å²) >= 11 is 6.18. The van der Waals surface area contributed by atoms with Crippen LogP contribution in [0.1, 0.15) is 11.1 Å². The molecule has 1 aliphatic heterocycles. The van der Waals surface area contributed by atoms with Crippen molar-refractivity contribution in [2.45, 2.75) is 13.0 Å². The van der Waals surface area contributed by atoms with Gasteiger partial charge in [0.1, 0.15) is 19.8 Å². The Morgan fingerprint density at radius 3 is 2.79 bits per heavy atom. The van der Waals surface area contributed by atoms with Crippen LogP contribution in [0.4, 0.5) is 0 Å². The van der Waals surface area contributed by atoms with Crippen LogP contribution in [0.2, 0.25) is 5.02 Å². The molecule has 28 heavy (non-hydrogen) atoms. The molecule has 0 unspecified atom stereocenters. The molecule has 0 amide bonds. The molecule has 0 saturated carbocycles. The van der Waals surface area contributed by atoms with Crippen LogP contribution in [0.25, 0.3) is 0 Å². The van der Waals surface area contributed by atoms with E-state index in [1.165, 1.54) is 0 Å². The number of ether oxygens (including phenoxy) is 5. The van der Waals surface area contributed by atoms with Crippen LogP contribution in [0.3, 0.4) is 0 Å². The number of benzene rings is 2. The molecule has 6 nitrogen and oxygen atoms in total. The summed E-state index contributed by atoms with van der Waals surface area (Å²) in [6.45, 7) is 4.43. The molecule has 1 heterocycles. The van der Waals surface area contributed by atoms with Crippen molar-refractivity contribution in [2.75, 3.05) is 26.9 Å². The number of hydrogen-bond acceptors (Lipinski definition) is 6. The molecular formula is C21H21ClO6. The number of methoxy groups -OCH3 is 1. The third kappa shape index (κ3) is 4.89. The minimum absolute atomic E-state index is 0.0496. The summed E-state index contributed by atoms with van der Waals surface area (Å²) < 4.78 is 27.1. The maximum absolute atomic E-state index is 12.0. The Morgan fingerprint density at radius 1 is 1.18 bits per heavy atom. The summed E-state index contributed by atoms with van der Waals surface area (Å²) in [5.41, 5.74) is 1.74. The Kier molecular flexibility index (Phi) is 6.66. The fourth-order valence-corrected chi connectivity index (χ4v) is 3.00. The number of allylic oxidation sites excluding steroid dienone is 1. The van der Waals surface area contributed by atoms with Crippen molar-refractivity contribution < 1.29 is 28.5 Å². The molecule has 7 heteroatoms. The Bertz CT molecular complexity index is 864. The zero-order valence-electron chi connectivity index (χ0n) is 15.5. The zero-order chi connectivity index (χ0) is 19.9. The van der Waals surface area contributed by atoms with Gasteiger partial charge in [0.15, 0.2) is 29.6 Å². The van der Waals surface area contributed by atoms with Crippen molar-refractivity contribution in [1.82, 2.24) is 0 Å². The summed E-state index contributed by atoms with van der Waals surface area (Å²) in [6.07, 6.45) is 2.52. The molecule has 0 fully saturated rings. The van der Waals surface area contributed by atoms with Crippen LogP contribution >= 0.6 is 11.6 Å².